The molecule has 1 aromatic carbocycles. The lowest BCUT2D eigenvalue weighted by Crippen LogP contribution is -2.05. The first kappa shape index (κ1) is 11.5. The lowest BCUT2D eigenvalue weighted by molar-refractivity contribution is -0.136. The van der Waals surface area contributed by atoms with Gasteiger partial charge < -0.3 is 10.8 Å². The molecule has 0 atom stereocenters. The van der Waals surface area contributed by atoms with Gasteiger partial charge in [-0.05, 0) is 23.3 Å². The van der Waals surface area contributed by atoms with Gasteiger partial charge in [0.2, 0.25) is 0 Å². The Morgan fingerprint density at radius 1 is 1.60 bits per heavy atom. The fraction of sp³-hybridized carbons (Fsp3) is 0.200. The first-order valence-electron chi connectivity index (χ1n) is 4.21. The van der Waals surface area contributed by atoms with Gasteiger partial charge in [-0.15, -0.1) is 0 Å². The highest BCUT2D eigenvalue weighted by Crippen LogP contribution is 2.22. The minimum Gasteiger partial charge on any atom is -0.481 e. The van der Waals surface area contributed by atoms with Crippen LogP contribution < -0.4 is 5.73 Å². The van der Waals surface area contributed by atoms with Crippen LogP contribution in [0.3, 0.4) is 0 Å². The van der Waals surface area contributed by atoms with E-state index in [-0.39, 0.29) is 23.6 Å². The van der Waals surface area contributed by atoms with Crippen molar-refractivity contribution in [1.29, 1.82) is 5.26 Å². The summed E-state index contributed by atoms with van der Waals surface area (Å²) in [6.07, 6.45) is -0.257. The first-order valence-corrected chi connectivity index (χ1v) is 4.59. The van der Waals surface area contributed by atoms with Gasteiger partial charge in [0.15, 0.2) is 0 Å². The number of carbonyl (C=O) groups is 1. The van der Waals surface area contributed by atoms with Crippen molar-refractivity contribution in [2.24, 2.45) is 5.73 Å². The molecule has 3 N–H and O–H groups in total. The van der Waals surface area contributed by atoms with E-state index in [1.54, 1.807) is 12.1 Å². The fourth-order valence-electron chi connectivity index (χ4n) is 1.24. The summed E-state index contributed by atoms with van der Waals surface area (Å²) in [5, 5.41) is 17.8. The molecular weight excluding hydrogens is 216 g/mol. The number of benzene rings is 1. The maximum absolute atomic E-state index is 10.6. The molecular formula is C10H9ClN2O2. The zero-order valence-corrected chi connectivity index (χ0v) is 8.58. The lowest BCUT2D eigenvalue weighted by Gasteiger charge is -2.06. The van der Waals surface area contributed by atoms with Crippen molar-refractivity contribution >= 4 is 17.6 Å². The number of nitriles is 1. The third-order valence-electron chi connectivity index (χ3n) is 1.94. The summed E-state index contributed by atoms with van der Waals surface area (Å²) in [7, 11) is 0. The normalized spacial score (nSPS) is 9.67. The van der Waals surface area contributed by atoms with Gasteiger partial charge >= 0.3 is 5.97 Å². The highest BCUT2D eigenvalue weighted by molar-refractivity contribution is 6.31. The third kappa shape index (κ3) is 2.69. The third-order valence-corrected chi connectivity index (χ3v) is 2.28. The molecule has 0 aliphatic heterocycles. The molecule has 5 heteroatoms. The number of hydrogen-bond donors (Lipinski definition) is 2. The number of carboxylic acids is 1. The van der Waals surface area contributed by atoms with Crippen LogP contribution in [0, 0.1) is 11.3 Å². The Morgan fingerprint density at radius 3 is 2.73 bits per heavy atom. The number of nitrogens with two attached hydrogens (primary N) is 1. The highest BCUT2D eigenvalue weighted by Gasteiger charge is 2.12. The molecule has 0 spiro atoms. The second-order valence-electron chi connectivity index (χ2n) is 2.99. The van der Waals surface area contributed by atoms with Gasteiger partial charge in [-0.3, -0.25) is 4.79 Å². The van der Waals surface area contributed by atoms with Crippen molar-refractivity contribution in [3.8, 4) is 6.07 Å². The molecule has 0 bridgehead atoms. The summed E-state index contributed by atoms with van der Waals surface area (Å²) < 4.78 is 0. The second-order valence-corrected chi connectivity index (χ2v) is 3.40. The molecule has 0 aliphatic carbocycles. The van der Waals surface area contributed by atoms with Crippen LogP contribution in [0.2, 0.25) is 5.02 Å². The summed E-state index contributed by atoms with van der Waals surface area (Å²) in [6, 6.07) is 5.06. The van der Waals surface area contributed by atoms with Gasteiger partial charge in [0, 0.05) is 11.6 Å². The van der Waals surface area contributed by atoms with E-state index in [0.717, 1.165) is 0 Å². The molecule has 0 saturated heterocycles. The number of rotatable bonds is 3. The highest BCUT2D eigenvalue weighted by atomic mass is 35.5. The van der Waals surface area contributed by atoms with E-state index in [1.807, 2.05) is 6.07 Å². The van der Waals surface area contributed by atoms with Crippen molar-refractivity contribution in [1.82, 2.24) is 0 Å². The molecule has 0 amide bonds. The van der Waals surface area contributed by atoms with Crippen LogP contribution in [0.5, 0.6) is 0 Å². The Kier molecular flexibility index (Phi) is 3.67. The molecule has 0 aromatic heterocycles. The van der Waals surface area contributed by atoms with E-state index >= 15 is 0 Å². The van der Waals surface area contributed by atoms with Crippen molar-refractivity contribution in [3.63, 3.8) is 0 Å². The van der Waals surface area contributed by atoms with Gasteiger partial charge in [0.25, 0.3) is 0 Å². The predicted octanol–water partition coefficient (Wildman–Crippen LogP) is 1.30. The van der Waals surface area contributed by atoms with Crippen LogP contribution in [0.25, 0.3) is 0 Å². The largest absolute Gasteiger partial charge is 0.481 e. The standard InChI is InChI=1S/C10H9ClN2O2/c11-9-2-6(4-12)1-7(5-13)8(9)3-10(14)15/h1-2H,3-4,12H2,(H,14,15). The number of carboxylic acid groups (broad SMARTS) is 1. The number of halogens is 1. The molecule has 0 unspecified atom stereocenters. The molecule has 0 heterocycles. The van der Waals surface area contributed by atoms with Gasteiger partial charge in [0.1, 0.15) is 0 Å². The molecule has 0 aliphatic rings. The summed E-state index contributed by atoms with van der Waals surface area (Å²) in [6.45, 7) is 0.266. The summed E-state index contributed by atoms with van der Waals surface area (Å²) in [5.41, 5.74) is 6.73. The Bertz CT molecular complexity index is 438. The molecule has 1 rings (SSSR count). The maximum atomic E-state index is 10.6. The zero-order chi connectivity index (χ0) is 11.4. The van der Waals surface area contributed by atoms with Gasteiger partial charge in [-0.1, -0.05) is 11.6 Å². The molecule has 0 radical (unpaired) electrons. The van der Waals surface area contributed by atoms with Crippen LogP contribution in [0.1, 0.15) is 16.7 Å². The van der Waals surface area contributed by atoms with Crippen molar-refractivity contribution in [2.45, 2.75) is 13.0 Å². The van der Waals surface area contributed by atoms with Gasteiger partial charge in [0.05, 0.1) is 18.1 Å². The molecule has 0 fully saturated rings. The topological polar surface area (TPSA) is 87.1 Å². The van der Waals surface area contributed by atoms with E-state index in [1.165, 1.54) is 0 Å². The van der Waals surface area contributed by atoms with E-state index < -0.39 is 5.97 Å². The van der Waals surface area contributed by atoms with E-state index in [4.69, 9.17) is 27.7 Å². The van der Waals surface area contributed by atoms with Crippen molar-refractivity contribution in [2.75, 3.05) is 0 Å². The first-order chi connectivity index (χ1) is 7.08. The lowest BCUT2D eigenvalue weighted by atomic mass is 10.0. The molecule has 15 heavy (non-hydrogen) atoms. The summed E-state index contributed by atoms with van der Waals surface area (Å²) in [4.78, 5) is 10.6. The molecule has 78 valence electrons. The summed E-state index contributed by atoms with van der Waals surface area (Å²) in [5.74, 6) is -1.02. The van der Waals surface area contributed by atoms with Crippen molar-refractivity contribution in [3.05, 3.63) is 33.8 Å². The van der Waals surface area contributed by atoms with Gasteiger partial charge in [-0.2, -0.15) is 5.26 Å². The minimum absolute atomic E-state index is 0.257. The average molecular weight is 225 g/mol. The Balaban J connectivity index is 3.26. The number of nitrogens with zero attached hydrogens (tertiary/aromatic N) is 1. The monoisotopic (exact) mass is 224 g/mol. The molecule has 4 nitrogen and oxygen atoms in total. The minimum atomic E-state index is -1.02. The fourth-order valence-corrected chi connectivity index (χ4v) is 1.55. The Hall–Kier alpha value is -1.57. The number of aliphatic carboxylic acids is 1. The summed E-state index contributed by atoms with van der Waals surface area (Å²) >= 11 is 5.87. The van der Waals surface area contributed by atoms with Crippen LogP contribution in [-0.2, 0) is 17.8 Å². The Labute approximate surface area is 91.9 Å². The predicted molar refractivity (Wildman–Crippen MR) is 55.4 cm³/mol. The molecule has 0 saturated carbocycles. The quantitative estimate of drug-likeness (QED) is 0.810. The number of hydrogen-bond acceptors (Lipinski definition) is 3. The average Bonchev–Trinajstić information content (AvgIpc) is 2.20. The van der Waals surface area contributed by atoms with Crippen LogP contribution in [-0.4, -0.2) is 11.1 Å². The van der Waals surface area contributed by atoms with Crippen molar-refractivity contribution < 1.29 is 9.90 Å². The van der Waals surface area contributed by atoms with Gasteiger partial charge in [-0.25, -0.2) is 0 Å². The van der Waals surface area contributed by atoms with Crippen LogP contribution in [0.15, 0.2) is 12.1 Å². The zero-order valence-electron chi connectivity index (χ0n) is 7.83. The Morgan fingerprint density at radius 2 is 2.27 bits per heavy atom. The smallest absolute Gasteiger partial charge is 0.307 e. The van der Waals surface area contributed by atoms with Crippen LogP contribution >= 0.6 is 11.6 Å². The van der Waals surface area contributed by atoms with Crippen LogP contribution in [0.4, 0.5) is 0 Å². The second kappa shape index (κ2) is 4.78. The van der Waals surface area contributed by atoms with E-state index in [9.17, 15) is 4.79 Å². The molecule has 1 aromatic rings. The SMILES string of the molecule is N#Cc1cc(CN)cc(Cl)c1CC(=O)O. The van der Waals surface area contributed by atoms with E-state index in [0.29, 0.717) is 11.1 Å². The maximum Gasteiger partial charge on any atom is 0.307 e. The van der Waals surface area contributed by atoms with E-state index in [2.05, 4.69) is 0 Å².